The minimum atomic E-state index is -0.769. The number of nitrogens with zero attached hydrogens (tertiary/aromatic N) is 1. The first-order valence-corrected chi connectivity index (χ1v) is 10.9. The average Bonchev–Trinajstić information content (AvgIpc) is 3.32. The SMILES string of the molecule is CCOC(=O)C1=C(O)/C(=C/c2cc3c(cc2Cl)OCO3)SC1=NC(=O)c1ccccc1C. The van der Waals surface area contributed by atoms with Crippen molar-refractivity contribution in [2.24, 2.45) is 4.99 Å². The second-order valence-corrected chi connectivity index (χ2v) is 8.26. The lowest BCUT2D eigenvalue weighted by molar-refractivity contribution is -0.138. The molecule has 4 rings (SSSR count). The molecule has 0 unspecified atom stereocenters. The number of carbonyl (C=O) groups excluding carboxylic acids is 2. The molecule has 0 spiro atoms. The van der Waals surface area contributed by atoms with Crippen LogP contribution in [0, 0.1) is 6.92 Å². The number of benzene rings is 2. The maximum atomic E-state index is 12.8. The van der Waals surface area contributed by atoms with Crippen molar-refractivity contribution in [3.05, 3.63) is 74.3 Å². The maximum Gasteiger partial charge on any atom is 0.344 e. The Bertz CT molecular complexity index is 1220. The number of aliphatic imine (C=N–C) groups is 1. The highest BCUT2D eigenvalue weighted by Crippen LogP contribution is 2.42. The van der Waals surface area contributed by atoms with E-state index in [1.807, 2.05) is 6.07 Å². The van der Waals surface area contributed by atoms with Crippen LogP contribution in [0.5, 0.6) is 11.5 Å². The molecule has 0 saturated heterocycles. The summed E-state index contributed by atoms with van der Waals surface area (Å²) in [6, 6.07) is 10.3. The molecule has 32 heavy (non-hydrogen) atoms. The van der Waals surface area contributed by atoms with Crippen LogP contribution in [0.1, 0.15) is 28.4 Å². The number of carbonyl (C=O) groups is 2. The molecule has 164 valence electrons. The summed E-state index contributed by atoms with van der Waals surface area (Å²) in [4.78, 5) is 29.7. The number of rotatable bonds is 4. The minimum Gasteiger partial charge on any atom is -0.506 e. The summed E-state index contributed by atoms with van der Waals surface area (Å²) in [5, 5.41) is 11.2. The second-order valence-electron chi connectivity index (χ2n) is 6.82. The van der Waals surface area contributed by atoms with E-state index in [0.717, 1.165) is 17.3 Å². The van der Waals surface area contributed by atoms with E-state index in [1.54, 1.807) is 50.3 Å². The number of halogens is 1. The quantitative estimate of drug-likeness (QED) is 0.621. The average molecular weight is 472 g/mol. The van der Waals surface area contributed by atoms with Gasteiger partial charge < -0.3 is 19.3 Å². The standard InChI is InChI=1S/C23H18ClNO6S/c1-3-29-23(28)19-20(26)18(9-13-8-16-17(10-15(13)24)31-11-30-16)32-22(19)25-21(27)14-7-5-4-6-12(14)2/h4-10,26H,3,11H2,1-2H3/b18-9-,25-22?. The molecule has 0 bridgehead atoms. The van der Waals surface area contributed by atoms with Crippen molar-refractivity contribution >= 4 is 46.4 Å². The van der Waals surface area contributed by atoms with Gasteiger partial charge >= 0.3 is 5.97 Å². The van der Waals surface area contributed by atoms with E-state index >= 15 is 0 Å². The van der Waals surface area contributed by atoms with Gasteiger partial charge in [-0.15, -0.1) is 0 Å². The summed E-state index contributed by atoms with van der Waals surface area (Å²) in [5.41, 5.74) is 1.53. The zero-order chi connectivity index (χ0) is 22.8. The summed E-state index contributed by atoms with van der Waals surface area (Å²) in [6.07, 6.45) is 1.59. The monoisotopic (exact) mass is 471 g/mol. The number of ether oxygens (including phenoxy) is 3. The van der Waals surface area contributed by atoms with Crippen LogP contribution in [0.3, 0.4) is 0 Å². The highest BCUT2D eigenvalue weighted by atomic mass is 35.5. The molecular weight excluding hydrogens is 454 g/mol. The Morgan fingerprint density at radius 1 is 1.25 bits per heavy atom. The third-order valence-corrected chi connectivity index (χ3v) is 6.07. The summed E-state index contributed by atoms with van der Waals surface area (Å²) in [5.74, 6) is -0.591. The van der Waals surface area contributed by atoms with Crippen molar-refractivity contribution in [1.29, 1.82) is 0 Å². The van der Waals surface area contributed by atoms with Gasteiger partial charge in [-0.2, -0.15) is 0 Å². The van der Waals surface area contributed by atoms with Crippen LogP contribution in [0.15, 0.2) is 57.6 Å². The van der Waals surface area contributed by atoms with Crippen LogP contribution in [0.25, 0.3) is 6.08 Å². The van der Waals surface area contributed by atoms with Gasteiger partial charge in [0, 0.05) is 11.6 Å². The maximum absolute atomic E-state index is 12.8. The molecule has 2 heterocycles. The smallest absolute Gasteiger partial charge is 0.344 e. The molecular formula is C23H18ClNO6S. The molecule has 1 amide bonds. The van der Waals surface area contributed by atoms with E-state index in [0.29, 0.717) is 32.6 Å². The predicted molar refractivity (Wildman–Crippen MR) is 122 cm³/mol. The van der Waals surface area contributed by atoms with Crippen LogP contribution >= 0.6 is 23.4 Å². The van der Waals surface area contributed by atoms with Gasteiger partial charge in [0.25, 0.3) is 5.91 Å². The van der Waals surface area contributed by atoms with Gasteiger partial charge in [-0.25, -0.2) is 9.79 Å². The van der Waals surface area contributed by atoms with Crippen molar-refractivity contribution in [1.82, 2.24) is 0 Å². The van der Waals surface area contributed by atoms with Gasteiger partial charge in [-0.05, 0) is 43.2 Å². The molecule has 0 aliphatic carbocycles. The van der Waals surface area contributed by atoms with Crippen LogP contribution < -0.4 is 9.47 Å². The number of aliphatic hydroxyl groups is 1. The lowest BCUT2D eigenvalue weighted by Crippen LogP contribution is -2.14. The molecule has 0 atom stereocenters. The molecule has 2 aliphatic heterocycles. The first-order chi connectivity index (χ1) is 15.4. The van der Waals surface area contributed by atoms with E-state index in [1.165, 1.54) is 0 Å². The van der Waals surface area contributed by atoms with Crippen molar-refractivity contribution < 1.29 is 28.9 Å². The van der Waals surface area contributed by atoms with Gasteiger partial charge in [-0.1, -0.05) is 41.6 Å². The zero-order valence-electron chi connectivity index (χ0n) is 17.2. The summed E-state index contributed by atoms with van der Waals surface area (Å²) < 4.78 is 15.7. The van der Waals surface area contributed by atoms with E-state index in [4.69, 9.17) is 25.8 Å². The highest BCUT2D eigenvalue weighted by molar-refractivity contribution is 8.18. The fraction of sp³-hybridized carbons (Fsp3) is 0.174. The van der Waals surface area contributed by atoms with Crippen LogP contribution in [0.2, 0.25) is 5.02 Å². The normalized spacial score (nSPS) is 17.3. The van der Waals surface area contributed by atoms with Crippen molar-refractivity contribution in [2.75, 3.05) is 13.4 Å². The van der Waals surface area contributed by atoms with Gasteiger partial charge in [0.1, 0.15) is 16.4 Å². The number of thioether (sulfide) groups is 1. The van der Waals surface area contributed by atoms with E-state index < -0.39 is 11.9 Å². The number of hydrogen-bond donors (Lipinski definition) is 1. The van der Waals surface area contributed by atoms with Gasteiger partial charge in [0.2, 0.25) is 6.79 Å². The molecule has 2 aromatic carbocycles. The molecule has 0 fully saturated rings. The van der Waals surface area contributed by atoms with Gasteiger partial charge in [-0.3, -0.25) is 4.79 Å². The van der Waals surface area contributed by atoms with Crippen LogP contribution in [-0.2, 0) is 9.53 Å². The molecule has 9 heteroatoms. The van der Waals surface area contributed by atoms with Crippen molar-refractivity contribution in [2.45, 2.75) is 13.8 Å². The molecule has 2 aliphatic rings. The Labute approximate surface area is 193 Å². The van der Waals surface area contributed by atoms with E-state index in [9.17, 15) is 14.7 Å². The fourth-order valence-corrected chi connectivity index (χ4v) is 4.35. The topological polar surface area (TPSA) is 94.4 Å². The van der Waals surface area contributed by atoms with E-state index in [2.05, 4.69) is 4.99 Å². The second kappa shape index (κ2) is 9.10. The summed E-state index contributed by atoms with van der Waals surface area (Å²) in [6.45, 7) is 3.64. The lowest BCUT2D eigenvalue weighted by Gasteiger charge is -2.04. The first kappa shape index (κ1) is 22.0. The predicted octanol–water partition coefficient (Wildman–Crippen LogP) is 5.08. The van der Waals surface area contributed by atoms with Gasteiger partial charge in [0.15, 0.2) is 11.5 Å². The number of aliphatic hydroxyl groups excluding tert-OH is 1. The molecule has 1 N–H and O–H groups in total. The fourth-order valence-electron chi connectivity index (χ4n) is 3.14. The Kier molecular flexibility index (Phi) is 6.25. The Morgan fingerprint density at radius 2 is 1.97 bits per heavy atom. The summed E-state index contributed by atoms with van der Waals surface area (Å²) >= 11 is 7.32. The van der Waals surface area contributed by atoms with Gasteiger partial charge in [0.05, 0.1) is 16.5 Å². The van der Waals surface area contributed by atoms with E-state index in [-0.39, 0.29) is 29.8 Å². The van der Waals surface area contributed by atoms with Crippen molar-refractivity contribution in [3.8, 4) is 11.5 Å². The third kappa shape index (κ3) is 4.24. The summed E-state index contributed by atoms with van der Waals surface area (Å²) in [7, 11) is 0. The number of aryl methyl sites for hydroxylation is 1. The van der Waals surface area contributed by atoms with Crippen molar-refractivity contribution in [3.63, 3.8) is 0 Å². The Balaban J connectivity index is 1.75. The minimum absolute atomic E-state index is 0.0531. The number of amides is 1. The lowest BCUT2D eigenvalue weighted by atomic mass is 10.1. The molecule has 0 aromatic heterocycles. The third-order valence-electron chi connectivity index (χ3n) is 4.73. The zero-order valence-corrected chi connectivity index (χ0v) is 18.7. The largest absolute Gasteiger partial charge is 0.506 e. The molecule has 0 radical (unpaired) electrons. The Morgan fingerprint density at radius 3 is 2.69 bits per heavy atom. The molecule has 7 nitrogen and oxygen atoms in total. The number of hydrogen-bond acceptors (Lipinski definition) is 7. The first-order valence-electron chi connectivity index (χ1n) is 9.67. The number of esters is 1. The molecule has 0 saturated carbocycles. The number of fused-ring (bicyclic) bond motifs is 1. The molecule has 2 aromatic rings. The Hall–Kier alpha value is -3.23. The van der Waals surface area contributed by atoms with Crippen LogP contribution in [-0.4, -0.2) is 35.4 Å². The van der Waals surface area contributed by atoms with Crippen LogP contribution in [0.4, 0.5) is 0 Å². The highest BCUT2D eigenvalue weighted by Gasteiger charge is 2.34.